The molecule has 4 rings (SSSR count). The summed E-state index contributed by atoms with van der Waals surface area (Å²) < 4.78 is 4.46. The first kappa shape index (κ1) is 28.3. The summed E-state index contributed by atoms with van der Waals surface area (Å²) in [7, 11) is 1.28. The number of benzene rings is 4. The molecule has 2 amide bonds. The third kappa shape index (κ3) is 8.98. The molecule has 8 heteroatoms. The molecular weight excluding hydrogens is 496 g/mol. The maximum atomic E-state index is 11.8. The summed E-state index contributed by atoms with van der Waals surface area (Å²) in [5.41, 5.74) is 5.16. The van der Waals surface area contributed by atoms with Crippen LogP contribution in [0.1, 0.15) is 20.7 Å². The second-order valence-corrected chi connectivity index (χ2v) is 8.22. The van der Waals surface area contributed by atoms with Crippen LogP contribution >= 0.6 is 0 Å². The second-order valence-electron chi connectivity index (χ2n) is 8.22. The maximum absolute atomic E-state index is 11.8. The molecule has 39 heavy (non-hydrogen) atoms. The van der Waals surface area contributed by atoms with Crippen LogP contribution in [-0.4, -0.2) is 49.1 Å². The summed E-state index contributed by atoms with van der Waals surface area (Å²) >= 11 is 0. The summed E-state index contributed by atoms with van der Waals surface area (Å²) in [5.74, 6) is -2.22. The predicted octanol–water partition coefficient (Wildman–Crippen LogP) is 4.42. The predicted molar refractivity (Wildman–Crippen MR) is 148 cm³/mol. The van der Waals surface area contributed by atoms with E-state index in [0.717, 1.165) is 22.3 Å². The normalized spacial score (nSPS) is 9.87. The molecule has 0 aromatic heterocycles. The minimum absolute atomic E-state index is 0.129. The van der Waals surface area contributed by atoms with Crippen molar-refractivity contribution in [2.24, 2.45) is 0 Å². The Balaban J connectivity index is 0.000000216. The Labute approximate surface area is 226 Å². The Hall–Kier alpha value is -5.24. The number of methoxy groups -OCH3 is 1. The Morgan fingerprint density at radius 1 is 0.564 bits per heavy atom. The van der Waals surface area contributed by atoms with E-state index in [1.165, 1.54) is 7.11 Å². The number of carboxylic acids is 1. The highest BCUT2D eigenvalue weighted by Gasteiger charge is 2.09. The van der Waals surface area contributed by atoms with Crippen LogP contribution in [-0.2, 0) is 14.3 Å². The van der Waals surface area contributed by atoms with Gasteiger partial charge in [0.1, 0.15) is 13.1 Å². The first-order valence-electron chi connectivity index (χ1n) is 12.0. The SMILES string of the molecule is COC(=O)CNC(=O)c1ccc(-c2ccccc2)cc1.O=C(O)CNC(=O)c1ccc(-c2ccccc2)cc1. The monoisotopic (exact) mass is 524 g/mol. The van der Waals surface area contributed by atoms with E-state index in [-0.39, 0.29) is 24.9 Å². The van der Waals surface area contributed by atoms with Crippen molar-refractivity contribution >= 4 is 23.8 Å². The number of nitrogens with one attached hydrogen (secondary N) is 2. The van der Waals surface area contributed by atoms with Gasteiger partial charge in [0.05, 0.1) is 7.11 Å². The van der Waals surface area contributed by atoms with Crippen molar-refractivity contribution < 1.29 is 29.0 Å². The molecule has 0 spiro atoms. The van der Waals surface area contributed by atoms with E-state index in [1.807, 2.05) is 84.9 Å². The minimum atomic E-state index is -1.06. The van der Waals surface area contributed by atoms with E-state index in [4.69, 9.17) is 5.11 Å². The molecule has 0 unspecified atom stereocenters. The van der Waals surface area contributed by atoms with E-state index < -0.39 is 11.9 Å². The highest BCUT2D eigenvalue weighted by molar-refractivity contribution is 5.97. The average Bonchev–Trinajstić information content (AvgIpc) is 2.99. The lowest BCUT2D eigenvalue weighted by atomic mass is 10.0. The minimum Gasteiger partial charge on any atom is -0.480 e. The quantitative estimate of drug-likeness (QED) is 0.293. The number of esters is 1. The van der Waals surface area contributed by atoms with Gasteiger partial charge in [0, 0.05) is 11.1 Å². The fourth-order valence-electron chi connectivity index (χ4n) is 3.47. The fourth-order valence-corrected chi connectivity index (χ4v) is 3.47. The van der Waals surface area contributed by atoms with Crippen molar-refractivity contribution in [2.75, 3.05) is 20.2 Å². The Kier molecular flexibility index (Phi) is 10.5. The summed E-state index contributed by atoms with van der Waals surface area (Å²) in [6, 6.07) is 34.0. The molecule has 0 heterocycles. The number of carbonyl (C=O) groups is 4. The largest absolute Gasteiger partial charge is 0.480 e. The molecule has 0 atom stereocenters. The zero-order valence-electron chi connectivity index (χ0n) is 21.3. The summed E-state index contributed by atoms with van der Waals surface area (Å²) in [5, 5.41) is 13.3. The standard InChI is InChI=1S/C16H15NO3.C15H13NO3/c1-20-15(18)11-17-16(19)14-9-7-13(8-10-14)12-5-3-2-4-6-12;17-14(18)10-16-15(19)13-8-6-12(7-9-13)11-4-2-1-3-5-11/h2-10H,11H2,1H3,(H,17,19);1-9H,10H2,(H,16,19)(H,17,18). The summed E-state index contributed by atoms with van der Waals surface area (Å²) in [6.45, 7) is -0.505. The van der Waals surface area contributed by atoms with Gasteiger partial charge in [0.25, 0.3) is 11.8 Å². The molecule has 0 saturated carbocycles. The molecule has 0 aliphatic heterocycles. The van der Waals surface area contributed by atoms with Gasteiger partial charge in [0.2, 0.25) is 0 Å². The van der Waals surface area contributed by atoms with Crippen molar-refractivity contribution in [3.05, 3.63) is 120 Å². The Morgan fingerprint density at radius 2 is 0.923 bits per heavy atom. The molecule has 0 radical (unpaired) electrons. The number of amides is 2. The maximum Gasteiger partial charge on any atom is 0.325 e. The van der Waals surface area contributed by atoms with Crippen LogP contribution in [0.3, 0.4) is 0 Å². The fraction of sp³-hybridized carbons (Fsp3) is 0.0968. The van der Waals surface area contributed by atoms with Gasteiger partial charge in [-0.3, -0.25) is 19.2 Å². The molecule has 0 aliphatic rings. The van der Waals surface area contributed by atoms with E-state index >= 15 is 0 Å². The smallest absolute Gasteiger partial charge is 0.325 e. The molecular formula is C31H28N2O6. The van der Waals surface area contributed by atoms with Crippen molar-refractivity contribution in [3.63, 3.8) is 0 Å². The molecule has 198 valence electrons. The van der Waals surface area contributed by atoms with Crippen LogP contribution in [0.25, 0.3) is 22.3 Å². The van der Waals surface area contributed by atoms with Crippen LogP contribution in [0.2, 0.25) is 0 Å². The van der Waals surface area contributed by atoms with Gasteiger partial charge in [0.15, 0.2) is 0 Å². The molecule has 4 aromatic rings. The third-order valence-corrected chi connectivity index (χ3v) is 5.53. The van der Waals surface area contributed by atoms with Gasteiger partial charge in [-0.1, -0.05) is 84.9 Å². The van der Waals surface area contributed by atoms with Gasteiger partial charge >= 0.3 is 11.9 Å². The second kappa shape index (κ2) is 14.5. The average molecular weight is 525 g/mol. The number of hydrogen-bond acceptors (Lipinski definition) is 5. The lowest BCUT2D eigenvalue weighted by molar-refractivity contribution is -0.139. The Bertz CT molecular complexity index is 1390. The molecule has 0 saturated heterocycles. The lowest BCUT2D eigenvalue weighted by Crippen LogP contribution is -2.30. The zero-order valence-corrected chi connectivity index (χ0v) is 21.3. The zero-order chi connectivity index (χ0) is 28.0. The van der Waals surface area contributed by atoms with Gasteiger partial charge in [-0.25, -0.2) is 0 Å². The van der Waals surface area contributed by atoms with E-state index in [9.17, 15) is 19.2 Å². The number of carbonyl (C=O) groups excluding carboxylic acids is 3. The Morgan fingerprint density at radius 3 is 1.28 bits per heavy atom. The van der Waals surface area contributed by atoms with Crippen LogP contribution in [0, 0.1) is 0 Å². The lowest BCUT2D eigenvalue weighted by Gasteiger charge is -2.05. The van der Waals surface area contributed by atoms with Gasteiger partial charge in [-0.2, -0.15) is 0 Å². The molecule has 0 bridgehead atoms. The molecule has 0 aliphatic carbocycles. The first-order chi connectivity index (χ1) is 18.9. The summed E-state index contributed by atoms with van der Waals surface area (Å²) in [4.78, 5) is 44.7. The number of hydrogen-bond donors (Lipinski definition) is 3. The highest BCUT2D eigenvalue weighted by atomic mass is 16.5. The van der Waals surface area contributed by atoms with E-state index in [1.54, 1.807) is 24.3 Å². The highest BCUT2D eigenvalue weighted by Crippen LogP contribution is 2.20. The topological polar surface area (TPSA) is 122 Å². The molecule has 4 aromatic carbocycles. The number of ether oxygens (including phenoxy) is 1. The van der Waals surface area contributed by atoms with Crippen LogP contribution in [0.15, 0.2) is 109 Å². The van der Waals surface area contributed by atoms with Crippen LogP contribution in [0.5, 0.6) is 0 Å². The van der Waals surface area contributed by atoms with Gasteiger partial charge < -0.3 is 20.5 Å². The molecule has 0 fully saturated rings. The van der Waals surface area contributed by atoms with Crippen molar-refractivity contribution in [1.29, 1.82) is 0 Å². The molecule has 8 nitrogen and oxygen atoms in total. The first-order valence-corrected chi connectivity index (χ1v) is 12.0. The number of aliphatic carboxylic acids is 1. The number of rotatable bonds is 8. The van der Waals surface area contributed by atoms with Crippen molar-refractivity contribution in [3.8, 4) is 22.3 Å². The van der Waals surface area contributed by atoms with E-state index in [2.05, 4.69) is 15.4 Å². The van der Waals surface area contributed by atoms with E-state index in [0.29, 0.717) is 11.1 Å². The van der Waals surface area contributed by atoms with Crippen LogP contribution < -0.4 is 10.6 Å². The summed E-state index contributed by atoms with van der Waals surface area (Å²) in [6.07, 6.45) is 0. The van der Waals surface area contributed by atoms with Gasteiger partial charge in [-0.15, -0.1) is 0 Å². The van der Waals surface area contributed by atoms with Crippen molar-refractivity contribution in [2.45, 2.75) is 0 Å². The van der Waals surface area contributed by atoms with Crippen LogP contribution in [0.4, 0.5) is 0 Å². The van der Waals surface area contributed by atoms with Gasteiger partial charge in [-0.05, 0) is 46.5 Å². The molecule has 3 N–H and O–H groups in total. The number of carboxylic acid groups (broad SMARTS) is 1. The third-order valence-electron chi connectivity index (χ3n) is 5.53. The van der Waals surface area contributed by atoms with Crippen molar-refractivity contribution in [1.82, 2.24) is 10.6 Å².